The topological polar surface area (TPSA) is 69.7 Å². The van der Waals surface area contributed by atoms with E-state index in [9.17, 15) is 23.2 Å². The minimum absolute atomic E-state index is 0.0415. The van der Waals surface area contributed by atoms with Gasteiger partial charge in [0.1, 0.15) is 24.2 Å². The summed E-state index contributed by atoms with van der Waals surface area (Å²) in [6.07, 6.45) is 1.53. The van der Waals surface area contributed by atoms with Crippen molar-refractivity contribution < 1.29 is 23.2 Å². The number of hydrogen-bond donors (Lipinski definition) is 1. The van der Waals surface area contributed by atoms with Crippen LogP contribution in [0.15, 0.2) is 42.5 Å². The largest absolute Gasteiger partial charge is 0.329 e. The highest BCUT2D eigenvalue weighted by Gasteiger charge is 2.41. The number of nitrogens with zero attached hydrogens (tertiary/aromatic N) is 2. The molecular weight excluding hydrogens is 380 g/mol. The molecule has 0 saturated carbocycles. The highest BCUT2D eigenvalue weighted by Crippen LogP contribution is 2.25. The van der Waals surface area contributed by atoms with E-state index in [0.717, 1.165) is 30.2 Å². The van der Waals surface area contributed by atoms with Crippen LogP contribution in [-0.2, 0) is 16.1 Å². The molecule has 4 rings (SSSR count). The lowest BCUT2D eigenvalue weighted by Crippen LogP contribution is -2.56. The van der Waals surface area contributed by atoms with Crippen molar-refractivity contribution in [3.8, 4) is 0 Å². The minimum atomic E-state index is -0.731. The van der Waals surface area contributed by atoms with Crippen molar-refractivity contribution in [3.05, 3.63) is 65.2 Å². The van der Waals surface area contributed by atoms with Crippen LogP contribution in [0.1, 0.15) is 28.8 Å². The van der Waals surface area contributed by atoms with Crippen LogP contribution in [0.25, 0.3) is 0 Å². The smallest absolute Gasteiger partial charge is 0.255 e. The standard InChI is InChI=1S/C21H19F2N3O3/c22-15-7-8-16(23)17(10-15)24-20(28)14-5-3-13(4-6-14)11-25-12-19(27)26-9-1-2-18(26)21(25)29/h3-8,10,18H,1-2,9,11-12H2,(H,24,28). The fourth-order valence-electron chi connectivity index (χ4n) is 3.77. The van der Waals surface area contributed by atoms with E-state index >= 15 is 0 Å². The number of hydrogen-bond acceptors (Lipinski definition) is 3. The van der Waals surface area contributed by atoms with Gasteiger partial charge in [0.05, 0.1) is 5.69 Å². The lowest BCUT2D eigenvalue weighted by atomic mass is 10.1. The molecule has 1 N–H and O–H groups in total. The SMILES string of the molecule is O=C(Nc1cc(F)ccc1F)c1ccc(CN2CC(=O)N3CCCC3C2=O)cc1. The van der Waals surface area contributed by atoms with Crippen LogP contribution >= 0.6 is 0 Å². The molecule has 29 heavy (non-hydrogen) atoms. The number of carbonyl (C=O) groups excluding carboxylic acids is 3. The van der Waals surface area contributed by atoms with E-state index in [-0.39, 0.29) is 42.2 Å². The molecular formula is C21H19F2N3O3. The molecule has 1 atom stereocenters. The monoisotopic (exact) mass is 399 g/mol. The highest BCUT2D eigenvalue weighted by atomic mass is 19.1. The van der Waals surface area contributed by atoms with Crippen molar-refractivity contribution >= 4 is 23.4 Å². The van der Waals surface area contributed by atoms with Gasteiger partial charge in [-0.15, -0.1) is 0 Å². The average molecular weight is 399 g/mol. The zero-order chi connectivity index (χ0) is 20.5. The predicted molar refractivity (Wildman–Crippen MR) is 101 cm³/mol. The number of piperazine rings is 1. The zero-order valence-corrected chi connectivity index (χ0v) is 15.5. The van der Waals surface area contributed by atoms with Crippen LogP contribution < -0.4 is 5.32 Å². The van der Waals surface area contributed by atoms with Crippen molar-refractivity contribution in [1.29, 1.82) is 0 Å². The fraction of sp³-hybridized carbons (Fsp3) is 0.286. The summed E-state index contributed by atoms with van der Waals surface area (Å²) in [7, 11) is 0. The average Bonchev–Trinajstić information content (AvgIpc) is 3.20. The predicted octanol–water partition coefficient (Wildman–Crippen LogP) is 2.55. The van der Waals surface area contributed by atoms with Gasteiger partial charge in [0.25, 0.3) is 5.91 Å². The Morgan fingerprint density at radius 3 is 2.62 bits per heavy atom. The first-order chi connectivity index (χ1) is 13.9. The molecule has 2 saturated heterocycles. The summed E-state index contributed by atoms with van der Waals surface area (Å²) in [5.74, 6) is -2.05. The van der Waals surface area contributed by atoms with Crippen molar-refractivity contribution in [2.45, 2.75) is 25.4 Å². The maximum absolute atomic E-state index is 13.7. The summed E-state index contributed by atoms with van der Waals surface area (Å²) in [5, 5.41) is 2.34. The quantitative estimate of drug-likeness (QED) is 0.859. The van der Waals surface area contributed by atoms with Crippen LogP contribution in [0, 0.1) is 11.6 Å². The third kappa shape index (κ3) is 3.83. The third-order valence-electron chi connectivity index (χ3n) is 5.26. The number of carbonyl (C=O) groups is 3. The van der Waals surface area contributed by atoms with E-state index in [1.165, 1.54) is 4.90 Å². The Kier molecular flexibility index (Phi) is 5.00. The Bertz CT molecular complexity index is 978. The minimum Gasteiger partial charge on any atom is -0.329 e. The van der Waals surface area contributed by atoms with Crippen molar-refractivity contribution in [2.24, 2.45) is 0 Å². The van der Waals surface area contributed by atoms with E-state index in [1.54, 1.807) is 29.2 Å². The lowest BCUT2D eigenvalue weighted by molar-refractivity contribution is -0.154. The maximum atomic E-state index is 13.7. The Morgan fingerprint density at radius 1 is 1.10 bits per heavy atom. The van der Waals surface area contributed by atoms with E-state index in [2.05, 4.69) is 5.32 Å². The van der Waals surface area contributed by atoms with Crippen molar-refractivity contribution in [3.63, 3.8) is 0 Å². The van der Waals surface area contributed by atoms with Gasteiger partial charge >= 0.3 is 0 Å². The summed E-state index contributed by atoms with van der Waals surface area (Å²) in [5.41, 5.74) is 0.795. The second-order valence-corrected chi connectivity index (χ2v) is 7.21. The molecule has 0 bridgehead atoms. The third-order valence-corrected chi connectivity index (χ3v) is 5.26. The molecule has 3 amide bonds. The van der Waals surface area contributed by atoms with Gasteiger partial charge in [-0.25, -0.2) is 8.78 Å². The summed E-state index contributed by atoms with van der Waals surface area (Å²) in [6.45, 7) is 0.963. The van der Waals surface area contributed by atoms with E-state index in [0.29, 0.717) is 13.0 Å². The first-order valence-electron chi connectivity index (χ1n) is 9.36. The van der Waals surface area contributed by atoms with Gasteiger partial charge in [-0.1, -0.05) is 12.1 Å². The zero-order valence-electron chi connectivity index (χ0n) is 15.5. The van der Waals surface area contributed by atoms with Crippen LogP contribution in [0.4, 0.5) is 14.5 Å². The van der Waals surface area contributed by atoms with E-state index in [1.807, 2.05) is 0 Å². The molecule has 150 valence electrons. The van der Waals surface area contributed by atoms with Crippen LogP contribution in [-0.4, -0.2) is 46.7 Å². The summed E-state index contributed by atoms with van der Waals surface area (Å²) >= 11 is 0. The summed E-state index contributed by atoms with van der Waals surface area (Å²) < 4.78 is 26.9. The number of amides is 3. The Morgan fingerprint density at radius 2 is 1.86 bits per heavy atom. The van der Waals surface area contributed by atoms with Gasteiger partial charge < -0.3 is 15.1 Å². The lowest BCUT2D eigenvalue weighted by Gasteiger charge is -2.36. The number of rotatable bonds is 4. The van der Waals surface area contributed by atoms with Gasteiger partial charge in [0.15, 0.2) is 0 Å². The number of anilines is 1. The van der Waals surface area contributed by atoms with Gasteiger partial charge in [0.2, 0.25) is 11.8 Å². The van der Waals surface area contributed by atoms with Crippen molar-refractivity contribution in [1.82, 2.24) is 9.80 Å². The number of benzene rings is 2. The van der Waals surface area contributed by atoms with Crippen molar-refractivity contribution in [2.75, 3.05) is 18.4 Å². The van der Waals surface area contributed by atoms with Gasteiger partial charge in [-0.2, -0.15) is 0 Å². The molecule has 0 aliphatic carbocycles. The van der Waals surface area contributed by atoms with E-state index in [4.69, 9.17) is 0 Å². The highest BCUT2D eigenvalue weighted by molar-refractivity contribution is 6.04. The molecule has 2 fully saturated rings. The Balaban J connectivity index is 1.42. The molecule has 0 aromatic heterocycles. The molecule has 8 heteroatoms. The van der Waals surface area contributed by atoms with E-state index < -0.39 is 17.5 Å². The molecule has 2 aliphatic rings. The molecule has 2 aliphatic heterocycles. The molecule has 6 nitrogen and oxygen atoms in total. The first-order valence-corrected chi connectivity index (χ1v) is 9.36. The van der Waals surface area contributed by atoms with Crippen LogP contribution in [0.3, 0.4) is 0 Å². The first kappa shape index (κ1) is 19.0. The molecule has 1 unspecified atom stereocenters. The molecule has 0 spiro atoms. The molecule has 2 heterocycles. The summed E-state index contributed by atoms with van der Waals surface area (Å²) in [6, 6.07) is 8.90. The second-order valence-electron chi connectivity index (χ2n) is 7.21. The molecule has 2 aromatic carbocycles. The van der Waals surface area contributed by atoms with Gasteiger partial charge in [-0.05, 0) is 42.7 Å². The maximum Gasteiger partial charge on any atom is 0.255 e. The van der Waals surface area contributed by atoms with Gasteiger partial charge in [-0.3, -0.25) is 14.4 Å². The Labute approximate surface area is 166 Å². The second kappa shape index (κ2) is 7.62. The van der Waals surface area contributed by atoms with Crippen LogP contribution in [0.5, 0.6) is 0 Å². The number of fused-ring (bicyclic) bond motifs is 1. The summed E-state index contributed by atoms with van der Waals surface area (Å²) in [4.78, 5) is 40.3. The fourth-order valence-corrected chi connectivity index (χ4v) is 3.77. The molecule has 0 radical (unpaired) electrons. The Hall–Kier alpha value is -3.29. The van der Waals surface area contributed by atoms with Gasteiger partial charge in [0, 0.05) is 24.7 Å². The molecule has 2 aromatic rings. The number of nitrogens with one attached hydrogen (secondary N) is 1. The number of halogens is 2. The normalized spacial score (nSPS) is 18.8. The van der Waals surface area contributed by atoms with Crippen LogP contribution in [0.2, 0.25) is 0 Å².